The molecule has 1 N–H and O–H groups in total. The van der Waals surface area contributed by atoms with Crippen LogP contribution in [0.15, 0.2) is 28.8 Å². The number of ether oxygens (including phenoxy) is 1. The van der Waals surface area contributed by atoms with Gasteiger partial charge in [-0.1, -0.05) is 12.1 Å². The summed E-state index contributed by atoms with van der Waals surface area (Å²) >= 11 is 0. The second kappa shape index (κ2) is 5.56. The van der Waals surface area contributed by atoms with E-state index in [2.05, 4.69) is 10.5 Å². The molecule has 0 aliphatic heterocycles. The van der Waals surface area contributed by atoms with Gasteiger partial charge in [0.2, 0.25) is 0 Å². The number of rotatable bonds is 4. The van der Waals surface area contributed by atoms with E-state index < -0.39 is 0 Å². The third-order valence-corrected chi connectivity index (χ3v) is 2.62. The Kier molecular flexibility index (Phi) is 3.85. The number of aromatic nitrogens is 1. The van der Waals surface area contributed by atoms with Gasteiger partial charge in [-0.25, -0.2) is 0 Å². The van der Waals surface area contributed by atoms with Gasteiger partial charge in [0.15, 0.2) is 6.61 Å². The third-order valence-electron chi connectivity index (χ3n) is 2.62. The minimum Gasteiger partial charge on any atom is -0.465 e. The largest absolute Gasteiger partial charge is 0.465 e. The highest BCUT2D eigenvalue weighted by Gasteiger charge is 2.08. The normalized spacial score (nSPS) is 10.3. The summed E-state index contributed by atoms with van der Waals surface area (Å²) in [5.74, 6) is 0.730. The van der Waals surface area contributed by atoms with Crippen LogP contribution in [-0.2, 0) is 4.79 Å². The van der Waals surface area contributed by atoms with E-state index in [0.717, 1.165) is 16.8 Å². The number of aryl methyl sites for hydroxylation is 3. The van der Waals surface area contributed by atoms with Crippen LogP contribution in [0.25, 0.3) is 0 Å². The molecule has 0 atom stereocenters. The molecule has 0 fully saturated rings. The maximum Gasteiger partial charge on any atom is 0.262 e. The summed E-state index contributed by atoms with van der Waals surface area (Å²) in [7, 11) is 0. The molecule has 0 aliphatic carbocycles. The standard InChI is InChI=1S/C14H16N2O3/c1-9-4-5-10(2)12(6-9)15-13(17)8-18-14-7-11(3)19-16-14/h4-7H,8H2,1-3H3,(H,15,17). The van der Waals surface area contributed by atoms with Crippen LogP contribution in [0.2, 0.25) is 0 Å². The summed E-state index contributed by atoms with van der Waals surface area (Å²) in [6.07, 6.45) is 0. The maximum absolute atomic E-state index is 11.8. The van der Waals surface area contributed by atoms with Crippen LogP contribution in [0.5, 0.6) is 5.88 Å². The first-order valence-electron chi connectivity index (χ1n) is 5.98. The van der Waals surface area contributed by atoms with E-state index in [0.29, 0.717) is 11.6 Å². The number of hydrogen-bond donors (Lipinski definition) is 1. The molecule has 1 amide bonds. The molecule has 0 saturated carbocycles. The zero-order valence-electron chi connectivity index (χ0n) is 11.2. The van der Waals surface area contributed by atoms with Gasteiger partial charge in [0, 0.05) is 11.8 Å². The number of anilines is 1. The average Bonchev–Trinajstić information content (AvgIpc) is 2.77. The van der Waals surface area contributed by atoms with Gasteiger partial charge in [-0.3, -0.25) is 4.79 Å². The molecule has 5 nitrogen and oxygen atoms in total. The van der Waals surface area contributed by atoms with Crippen LogP contribution in [0, 0.1) is 20.8 Å². The molecule has 0 unspecified atom stereocenters. The van der Waals surface area contributed by atoms with Crippen molar-refractivity contribution in [2.24, 2.45) is 0 Å². The predicted molar refractivity (Wildman–Crippen MR) is 71.3 cm³/mol. The molecule has 1 aromatic heterocycles. The van der Waals surface area contributed by atoms with Crippen molar-refractivity contribution >= 4 is 11.6 Å². The molecule has 0 spiro atoms. The molecule has 2 aromatic rings. The number of benzene rings is 1. The lowest BCUT2D eigenvalue weighted by Gasteiger charge is -2.09. The lowest BCUT2D eigenvalue weighted by atomic mass is 10.1. The SMILES string of the molecule is Cc1ccc(C)c(NC(=O)COc2cc(C)on2)c1. The van der Waals surface area contributed by atoms with Gasteiger partial charge in [0.05, 0.1) is 0 Å². The second-order valence-corrected chi connectivity index (χ2v) is 4.43. The van der Waals surface area contributed by atoms with Gasteiger partial charge in [0.25, 0.3) is 11.8 Å². The number of carbonyl (C=O) groups excluding carboxylic acids is 1. The zero-order valence-corrected chi connectivity index (χ0v) is 11.2. The molecular weight excluding hydrogens is 244 g/mol. The lowest BCUT2D eigenvalue weighted by molar-refractivity contribution is -0.118. The van der Waals surface area contributed by atoms with Crippen LogP contribution in [0.4, 0.5) is 5.69 Å². The van der Waals surface area contributed by atoms with Gasteiger partial charge in [-0.05, 0) is 43.1 Å². The molecule has 0 bridgehead atoms. The van der Waals surface area contributed by atoms with Crippen LogP contribution < -0.4 is 10.1 Å². The fourth-order valence-corrected chi connectivity index (χ4v) is 1.61. The van der Waals surface area contributed by atoms with Crippen molar-refractivity contribution < 1.29 is 14.1 Å². The van der Waals surface area contributed by atoms with Crippen LogP contribution in [-0.4, -0.2) is 17.7 Å². The topological polar surface area (TPSA) is 64.4 Å². The summed E-state index contributed by atoms with van der Waals surface area (Å²) < 4.78 is 10.1. The van der Waals surface area contributed by atoms with Crippen LogP contribution in [0.3, 0.4) is 0 Å². The van der Waals surface area contributed by atoms with Gasteiger partial charge in [0.1, 0.15) is 5.76 Å². The first-order valence-corrected chi connectivity index (χ1v) is 5.98. The number of hydrogen-bond acceptors (Lipinski definition) is 4. The van der Waals surface area contributed by atoms with E-state index in [9.17, 15) is 4.79 Å². The molecule has 5 heteroatoms. The quantitative estimate of drug-likeness (QED) is 0.917. The van der Waals surface area contributed by atoms with Gasteiger partial charge in [-0.2, -0.15) is 0 Å². The summed E-state index contributed by atoms with van der Waals surface area (Å²) in [6, 6.07) is 7.52. The van der Waals surface area contributed by atoms with Crippen molar-refractivity contribution in [3.8, 4) is 5.88 Å². The monoisotopic (exact) mass is 260 g/mol. The summed E-state index contributed by atoms with van der Waals surface area (Å²) in [4.78, 5) is 11.8. The first-order chi connectivity index (χ1) is 9.04. The molecule has 0 radical (unpaired) electrons. The highest BCUT2D eigenvalue weighted by Crippen LogP contribution is 2.16. The Morgan fingerprint density at radius 1 is 1.32 bits per heavy atom. The van der Waals surface area contributed by atoms with E-state index in [-0.39, 0.29) is 12.5 Å². The Hall–Kier alpha value is -2.30. The Bertz CT molecular complexity index is 590. The lowest BCUT2D eigenvalue weighted by Crippen LogP contribution is -2.20. The van der Waals surface area contributed by atoms with E-state index >= 15 is 0 Å². The first kappa shape index (κ1) is 13.1. The Balaban J connectivity index is 1.92. The molecule has 1 aromatic carbocycles. The number of nitrogens with zero attached hydrogens (tertiary/aromatic N) is 1. The van der Waals surface area contributed by atoms with Crippen molar-refractivity contribution in [1.82, 2.24) is 5.16 Å². The van der Waals surface area contributed by atoms with Crippen molar-refractivity contribution in [3.63, 3.8) is 0 Å². The minimum atomic E-state index is -0.227. The maximum atomic E-state index is 11.8. The fourth-order valence-electron chi connectivity index (χ4n) is 1.61. The Morgan fingerprint density at radius 3 is 2.79 bits per heavy atom. The zero-order chi connectivity index (χ0) is 13.8. The molecule has 0 saturated heterocycles. The number of carbonyl (C=O) groups is 1. The molecule has 19 heavy (non-hydrogen) atoms. The van der Waals surface area contributed by atoms with Crippen molar-refractivity contribution in [2.75, 3.05) is 11.9 Å². The van der Waals surface area contributed by atoms with E-state index in [1.807, 2.05) is 32.0 Å². The second-order valence-electron chi connectivity index (χ2n) is 4.43. The summed E-state index contributed by atoms with van der Waals surface area (Å²) in [5.41, 5.74) is 2.90. The average molecular weight is 260 g/mol. The fraction of sp³-hybridized carbons (Fsp3) is 0.286. The van der Waals surface area contributed by atoms with E-state index in [4.69, 9.17) is 9.26 Å². The van der Waals surface area contributed by atoms with Crippen LogP contribution >= 0.6 is 0 Å². The summed E-state index contributed by atoms with van der Waals surface area (Å²) in [5, 5.41) is 6.45. The number of amides is 1. The van der Waals surface area contributed by atoms with E-state index in [1.54, 1.807) is 13.0 Å². The Morgan fingerprint density at radius 2 is 2.11 bits per heavy atom. The van der Waals surface area contributed by atoms with Crippen molar-refractivity contribution in [3.05, 3.63) is 41.2 Å². The highest BCUT2D eigenvalue weighted by molar-refractivity contribution is 5.92. The van der Waals surface area contributed by atoms with Gasteiger partial charge in [-0.15, -0.1) is 0 Å². The predicted octanol–water partition coefficient (Wildman–Crippen LogP) is 2.62. The molecule has 2 rings (SSSR count). The minimum absolute atomic E-state index is 0.0979. The molecule has 1 heterocycles. The van der Waals surface area contributed by atoms with Crippen molar-refractivity contribution in [2.45, 2.75) is 20.8 Å². The number of nitrogens with one attached hydrogen (secondary N) is 1. The highest BCUT2D eigenvalue weighted by atomic mass is 16.5. The van der Waals surface area contributed by atoms with Gasteiger partial charge >= 0.3 is 0 Å². The molecular formula is C14H16N2O3. The molecule has 100 valence electrons. The Labute approximate surface area is 111 Å². The van der Waals surface area contributed by atoms with Gasteiger partial charge < -0.3 is 14.6 Å². The van der Waals surface area contributed by atoms with Crippen molar-refractivity contribution in [1.29, 1.82) is 0 Å². The molecule has 0 aliphatic rings. The summed E-state index contributed by atoms with van der Waals surface area (Å²) in [6.45, 7) is 5.58. The van der Waals surface area contributed by atoms with Crippen LogP contribution in [0.1, 0.15) is 16.9 Å². The third kappa shape index (κ3) is 3.58. The van der Waals surface area contributed by atoms with E-state index in [1.165, 1.54) is 0 Å². The smallest absolute Gasteiger partial charge is 0.262 e.